The van der Waals surface area contributed by atoms with Crippen molar-refractivity contribution in [1.29, 1.82) is 0 Å². The van der Waals surface area contributed by atoms with E-state index in [9.17, 15) is 0 Å². The fourth-order valence-electron chi connectivity index (χ4n) is 2.58. The molecule has 1 saturated heterocycles. The number of nitrogens with zero attached hydrogens (tertiary/aromatic N) is 2. The highest BCUT2D eigenvalue weighted by Crippen LogP contribution is 2.33. The molecule has 0 saturated carbocycles. The molecule has 0 aliphatic carbocycles. The Morgan fingerprint density at radius 1 is 1.30 bits per heavy atom. The summed E-state index contributed by atoms with van der Waals surface area (Å²) in [5.41, 5.74) is 2.02. The van der Waals surface area contributed by atoms with E-state index < -0.39 is 8.07 Å². The second-order valence-electron chi connectivity index (χ2n) is 6.96. The minimum Gasteiger partial charge on any atom is -0.360 e. The third-order valence-corrected chi connectivity index (χ3v) is 6.13. The molecule has 0 radical (unpaired) electrons. The Morgan fingerprint density at radius 2 is 2.04 bits per heavy atom. The SMILES string of the molecule is C[Si](C)(C)CCOCn1nc(Br)c2cccc(C3OCCO3)c21. The van der Waals surface area contributed by atoms with E-state index >= 15 is 0 Å². The van der Waals surface area contributed by atoms with Gasteiger partial charge in [0.25, 0.3) is 0 Å². The molecule has 0 amide bonds. The highest BCUT2D eigenvalue weighted by Gasteiger charge is 2.24. The number of fused-ring (bicyclic) bond motifs is 1. The van der Waals surface area contributed by atoms with E-state index in [1.54, 1.807) is 0 Å². The molecular weight excluding hydrogens is 376 g/mol. The van der Waals surface area contributed by atoms with Crippen LogP contribution in [0.1, 0.15) is 11.9 Å². The van der Waals surface area contributed by atoms with Crippen molar-refractivity contribution in [3.05, 3.63) is 28.4 Å². The van der Waals surface area contributed by atoms with Gasteiger partial charge in [0.2, 0.25) is 0 Å². The lowest BCUT2D eigenvalue weighted by Gasteiger charge is -2.16. The minimum absolute atomic E-state index is 0.317. The molecule has 0 atom stereocenters. The number of para-hydroxylation sites is 1. The fourth-order valence-corrected chi connectivity index (χ4v) is 3.84. The van der Waals surface area contributed by atoms with E-state index in [1.807, 2.05) is 22.9 Å². The van der Waals surface area contributed by atoms with Gasteiger partial charge in [0.15, 0.2) is 6.29 Å². The molecule has 2 aromatic rings. The van der Waals surface area contributed by atoms with Crippen molar-refractivity contribution < 1.29 is 14.2 Å². The van der Waals surface area contributed by atoms with Crippen LogP contribution in [0.4, 0.5) is 0 Å². The topological polar surface area (TPSA) is 45.5 Å². The van der Waals surface area contributed by atoms with E-state index in [-0.39, 0.29) is 6.29 Å². The first kappa shape index (κ1) is 17.1. The van der Waals surface area contributed by atoms with Gasteiger partial charge >= 0.3 is 0 Å². The van der Waals surface area contributed by atoms with Gasteiger partial charge in [-0.25, -0.2) is 4.68 Å². The van der Waals surface area contributed by atoms with Gasteiger partial charge in [0.1, 0.15) is 11.3 Å². The zero-order chi connectivity index (χ0) is 16.4. The molecule has 0 N–H and O–H groups in total. The lowest BCUT2D eigenvalue weighted by molar-refractivity contribution is -0.0434. The van der Waals surface area contributed by atoms with Gasteiger partial charge in [-0.1, -0.05) is 31.8 Å². The quantitative estimate of drug-likeness (QED) is 0.541. The largest absolute Gasteiger partial charge is 0.360 e. The van der Waals surface area contributed by atoms with Gasteiger partial charge in [0.05, 0.1) is 18.7 Å². The Hall–Kier alpha value is -0.733. The average Bonchev–Trinajstić information content (AvgIpc) is 3.12. The molecule has 1 aliphatic rings. The molecule has 1 aromatic heterocycles. The second kappa shape index (κ2) is 7.02. The van der Waals surface area contributed by atoms with E-state index in [1.165, 1.54) is 0 Å². The Balaban J connectivity index is 1.82. The first-order valence-corrected chi connectivity index (χ1v) is 12.4. The van der Waals surface area contributed by atoms with Crippen LogP contribution >= 0.6 is 15.9 Å². The molecule has 23 heavy (non-hydrogen) atoms. The van der Waals surface area contributed by atoms with Crippen molar-refractivity contribution in [3.8, 4) is 0 Å². The van der Waals surface area contributed by atoms with Crippen LogP contribution in [0.5, 0.6) is 0 Å². The Kier molecular flexibility index (Phi) is 5.22. The molecule has 1 aromatic carbocycles. The molecule has 2 heterocycles. The average molecular weight is 399 g/mol. The monoisotopic (exact) mass is 398 g/mol. The van der Waals surface area contributed by atoms with Crippen LogP contribution in [0.2, 0.25) is 25.7 Å². The van der Waals surface area contributed by atoms with Gasteiger partial charge < -0.3 is 14.2 Å². The second-order valence-corrected chi connectivity index (χ2v) is 13.3. The van der Waals surface area contributed by atoms with Crippen molar-refractivity contribution >= 4 is 34.9 Å². The minimum atomic E-state index is -1.08. The highest BCUT2D eigenvalue weighted by molar-refractivity contribution is 9.10. The molecule has 3 rings (SSSR count). The maximum atomic E-state index is 5.87. The van der Waals surface area contributed by atoms with Gasteiger partial charge in [0, 0.05) is 25.6 Å². The number of halogens is 1. The predicted molar refractivity (Wildman–Crippen MR) is 96.2 cm³/mol. The molecule has 0 unspecified atom stereocenters. The van der Waals surface area contributed by atoms with Crippen LogP contribution in [0.15, 0.2) is 22.8 Å². The summed E-state index contributed by atoms with van der Waals surface area (Å²) in [6.07, 6.45) is -0.317. The molecule has 126 valence electrons. The Morgan fingerprint density at radius 3 is 2.74 bits per heavy atom. The van der Waals surface area contributed by atoms with Crippen LogP contribution < -0.4 is 0 Å². The maximum absolute atomic E-state index is 5.87. The van der Waals surface area contributed by atoms with E-state index in [0.717, 1.165) is 33.7 Å². The van der Waals surface area contributed by atoms with Crippen LogP contribution in [-0.2, 0) is 20.9 Å². The number of aromatic nitrogens is 2. The van der Waals surface area contributed by atoms with Gasteiger partial charge in [-0.2, -0.15) is 5.10 Å². The van der Waals surface area contributed by atoms with Gasteiger partial charge in [-0.15, -0.1) is 0 Å². The van der Waals surface area contributed by atoms with Crippen molar-refractivity contribution in [2.45, 2.75) is 38.7 Å². The maximum Gasteiger partial charge on any atom is 0.186 e. The number of hydrogen-bond acceptors (Lipinski definition) is 4. The third-order valence-electron chi connectivity index (χ3n) is 3.84. The Bertz CT molecular complexity index is 678. The van der Waals surface area contributed by atoms with E-state index in [4.69, 9.17) is 14.2 Å². The molecule has 5 nitrogen and oxygen atoms in total. The number of benzene rings is 1. The smallest absolute Gasteiger partial charge is 0.186 e. The summed E-state index contributed by atoms with van der Waals surface area (Å²) in [6, 6.07) is 7.23. The van der Waals surface area contributed by atoms with Crippen LogP contribution in [0.25, 0.3) is 10.9 Å². The summed E-state index contributed by atoms with van der Waals surface area (Å²) < 4.78 is 19.9. The summed E-state index contributed by atoms with van der Waals surface area (Å²) in [4.78, 5) is 0. The normalized spacial score (nSPS) is 16.5. The summed E-state index contributed by atoms with van der Waals surface area (Å²) >= 11 is 3.54. The molecule has 0 spiro atoms. The standard InChI is InChI=1S/C16H23BrN2O3Si/c1-23(2,3)10-9-20-11-19-14-12(15(17)18-19)5-4-6-13(14)16-21-7-8-22-16/h4-6,16H,7-11H2,1-3H3. The molecule has 1 aliphatic heterocycles. The summed E-state index contributed by atoms with van der Waals surface area (Å²) in [5.74, 6) is 0. The fraction of sp³-hybridized carbons (Fsp3) is 0.562. The Labute approximate surface area is 146 Å². The zero-order valence-electron chi connectivity index (χ0n) is 13.8. The van der Waals surface area contributed by atoms with Crippen LogP contribution in [0, 0.1) is 0 Å². The summed E-state index contributed by atoms with van der Waals surface area (Å²) in [6.45, 7) is 9.52. The third kappa shape index (κ3) is 4.03. The molecule has 7 heteroatoms. The first-order chi connectivity index (χ1) is 11.0. The van der Waals surface area contributed by atoms with Crippen molar-refractivity contribution in [2.24, 2.45) is 0 Å². The van der Waals surface area contributed by atoms with Crippen molar-refractivity contribution in [3.63, 3.8) is 0 Å². The molecular formula is C16H23BrN2O3Si. The lowest BCUT2D eigenvalue weighted by atomic mass is 10.1. The zero-order valence-corrected chi connectivity index (χ0v) is 16.4. The number of ether oxygens (including phenoxy) is 3. The van der Waals surface area contributed by atoms with Gasteiger partial charge in [-0.3, -0.25) is 0 Å². The van der Waals surface area contributed by atoms with E-state index in [2.05, 4.69) is 40.7 Å². The molecule has 1 fully saturated rings. The van der Waals surface area contributed by atoms with Crippen molar-refractivity contribution in [2.75, 3.05) is 19.8 Å². The van der Waals surface area contributed by atoms with Crippen LogP contribution in [-0.4, -0.2) is 37.7 Å². The number of rotatable bonds is 6. The molecule has 0 bridgehead atoms. The first-order valence-electron chi connectivity index (χ1n) is 7.91. The number of hydrogen-bond donors (Lipinski definition) is 0. The summed E-state index contributed by atoms with van der Waals surface area (Å²) in [5, 5.41) is 5.62. The summed E-state index contributed by atoms with van der Waals surface area (Å²) in [7, 11) is -1.08. The highest BCUT2D eigenvalue weighted by atomic mass is 79.9. The van der Waals surface area contributed by atoms with Crippen molar-refractivity contribution in [1.82, 2.24) is 9.78 Å². The van der Waals surface area contributed by atoms with Gasteiger partial charge in [-0.05, 0) is 28.0 Å². The predicted octanol–water partition coefficient (Wildman–Crippen LogP) is 4.16. The van der Waals surface area contributed by atoms with Crippen LogP contribution in [0.3, 0.4) is 0 Å². The van der Waals surface area contributed by atoms with E-state index in [0.29, 0.717) is 19.9 Å². The lowest BCUT2D eigenvalue weighted by Crippen LogP contribution is -2.22.